The lowest BCUT2D eigenvalue weighted by Gasteiger charge is -2.37. The van der Waals surface area contributed by atoms with Gasteiger partial charge in [0.25, 0.3) is 5.91 Å². The Kier molecular flexibility index (Phi) is 8.36. The topological polar surface area (TPSA) is 149 Å². The molecule has 2 heterocycles. The highest BCUT2D eigenvalue weighted by molar-refractivity contribution is 5.94. The van der Waals surface area contributed by atoms with Crippen LogP contribution in [0.4, 0.5) is 13.6 Å². The number of nitrogens with two attached hydrogens (primary N) is 1. The molecule has 0 spiro atoms. The van der Waals surface area contributed by atoms with Crippen LogP contribution < -0.4 is 20.5 Å². The van der Waals surface area contributed by atoms with Crippen molar-refractivity contribution in [3.05, 3.63) is 29.7 Å². The number of aliphatic hydroxyl groups is 1. The van der Waals surface area contributed by atoms with Gasteiger partial charge in [-0.1, -0.05) is 0 Å². The van der Waals surface area contributed by atoms with E-state index in [0.29, 0.717) is 18.1 Å². The molecule has 4 rings (SSSR count). The van der Waals surface area contributed by atoms with Gasteiger partial charge >= 0.3 is 12.7 Å². The van der Waals surface area contributed by atoms with Gasteiger partial charge in [-0.15, -0.1) is 0 Å². The lowest BCUT2D eigenvalue weighted by atomic mass is 9.91. The van der Waals surface area contributed by atoms with Gasteiger partial charge in [0, 0.05) is 25.2 Å². The summed E-state index contributed by atoms with van der Waals surface area (Å²) in [4.78, 5) is 30.5. The van der Waals surface area contributed by atoms with E-state index in [4.69, 9.17) is 19.6 Å². The summed E-state index contributed by atoms with van der Waals surface area (Å²) in [6.07, 6.45) is 2.06. The third kappa shape index (κ3) is 6.70. The number of benzene rings is 1. The van der Waals surface area contributed by atoms with Gasteiger partial charge in [-0.05, 0) is 56.7 Å². The third-order valence-corrected chi connectivity index (χ3v) is 6.57. The molecular formula is C25H32F2N4O7. The normalized spacial score (nSPS) is 17.7. The van der Waals surface area contributed by atoms with Crippen LogP contribution in [0.5, 0.6) is 11.5 Å². The number of oxazole rings is 1. The van der Waals surface area contributed by atoms with E-state index in [2.05, 4.69) is 15.0 Å². The van der Waals surface area contributed by atoms with Crippen LogP contribution in [0.3, 0.4) is 0 Å². The Hall–Kier alpha value is -3.45. The largest absolute Gasteiger partial charge is 0.489 e. The lowest BCUT2D eigenvalue weighted by Crippen LogP contribution is -2.52. The third-order valence-electron chi connectivity index (χ3n) is 6.57. The molecule has 2 aromatic rings. The van der Waals surface area contributed by atoms with E-state index in [-0.39, 0.29) is 61.3 Å². The number of nitrogens with one attached hydrogen (secondary N) is 1. The lowest BCUT2D eigenvalue weighted by molar-refractivity contribution is -0.0515. The van der Waals surface area contributed by atoms with Crippen molar-refractivity contribution in [2.75, 3.05) is 33.4 Å². The van der Waals surface area contributed by atoms with Crippen molar-refractivity contribution in [3.8, 4) is 23.0 Å². The van der Waals surface area contributed by atoms with Crippen LogP contribution in [0, 0.1) is 5.92 Å². The minimum atomic E-state index is -3.02. The smallest absolute Gasteiger partial charge is 0.409 e. The van der Waals surface area contributed by atoms with Crippen molar-refractivity contribution in [1.82, 2.24) is 15.2 Å². The van der Waals surface area contributed by atoms with Gasteiger partial charge in [-0.3, -0.25) is 4.79 Å². The molecule has 11 nitrogen and oxygen atoms in total. The zero-order valence-corrected chi connectivity index (χ0v) is 21.2. The van der Waals surface area contributed by atoms with E-state index in [0.717, 1.165) is 12.8 Å². The second-order valence-electron chi connectivity index (χ2n) is 9.68. The molecule has 2 fully saturated rings. The Morgan fingerprint density at radius 2 is 2.00 bits per heavy atom. The van der Waals surface area contributed by atoms with E-state index < -0.39 is 30.3 Å². The molecule has 208 valence electrons. The maximum Gasteiger partial charge on any atom is 0.409 e. The summed E-state index contributed by atoms with van der Waals surface area (Å²) in [5, 5.41) is 13.6. The molecular weight excluding hydrogens is 506 g/mol. The number of piperidine rings is 1. The number of nitrogens with zero attached hydrogens (tertiary/aromatic N) is 2. The van der Waals surface area contributed by atoms with E-state index >= 15 is 0 Å². The molecule has 13 heteroatoms. The number of halogens is 2. The highest BCUT2D eigenvalue weighted by atomic mass is 19.3. The molecule has 1 saturated carbocycles. The minimum absolute atomic E-state index is 0.0485. The Bertz CT molecular complexity index is 1140. The van der Waals surface area contributed by atoms with Gasteiger partial charge in [0.05, 0.1) is 25.4 Å². The maximum absolute atomic E-state index is 13.0. The Morgan fingerprint density at radius 3 is 2.61 bits per heavy atom. The first-order valence-corrected chi connectivity index (χ1v) is 12.4. The van der Waals surface area contributed by atoms with Gasteiger partial charge in [-0.2, -0.15) is 8.78 Å². The van der Waals surface area contributed by atoms with Gasteiger partial charge < -0.3 is 39.7 Å². The average molecular weight is 539 g/mol. The molecule has 4 N–H and O–H groups in total. The first-order valence-electron chi connectivity index (χ1n) is 12.4. The summed E-state index contributed by atoms with van der Waals surface area (Å²) >= 11 is 0. The number of hydrogen-bond acceptors (Lipinski definition) is 9. The van der Waals surface area contributed by atoms with Crippen LogP contribution in [-0.2, 0) is 4.74 Å². The Labute approximate surface area is 218 Å². The summed E-state index contributed by atoms with van der Waals surface area (Å²) in [5.74, 6) is -0.0540. The van der Waals surface area contributed by atoms with Gasteiger partial charge in [0.15, 0.2) is 23.0 Å². The number of aromatic nitrogens is 1. The number of alkyl halides is 2. The summed E-state index contributed by atoms with van der Waals surface area (Å²) in [5.41, 5.74) is 5.13. The summed E-state index contributed by atoms with van der Waals surface area (Å²) in [7, 11) is 1.29. The molecule has 1 aliphatic heterocycles. The van der Waals surface area contributed by atoms with Crippen LogP contribution in [0.25, 0.3) is 11.5 Å². The monoisotopic (exact) mass is 538 g/mol. The molecule has 0 radical (unpaired) electrons. The quantitative estimate of drug-likeness (QED) is 0.415. The summed E-state index contributed by atoms with van der Waals surface area (Å²) in [6.45, 7) is -0.522. The number of methoxy groups -OCH3 is 1. The molecule has 1 aliphatic carbocycles. The van der Waals surface area contributed by atoms with E-state index in [1.54, 1.807) is 6.92 Å². The highest BCUT2D eigenvalue weighted by Gasteiger charge is 2.35. The molecule has 1 saturated heterocycles. The van der Waals surface area contributed by atoms with E-state index in [9.17, 15) is 23.5 Å². The SMILES string of the molecule is COC(=O)N1CCC(O)(CNC(=O)c2nc(-c3ccc(OC(F)F)c(OCC4CC4)c3)oc2C(C)N)CC1. The average Bonchev–Trinajstić information content (AvgIpc) is 3.61. The first kappa shape index (κ1) is 27.6. The van der Waals surface area contributed by atoms with E-state index in [1.807, 2.05) is 0 Å². The summed E-state index contributed by atoms with van der Waals surface area (Å²) in [6, 6.07) is 3.58. The van der Waals surface area contributed by atoms with E-state index in [1.165, 1.54) is 30.2 Å². The number of carbonyl (C=O) groups is 2. The molecule has 1 aromatic carbocycles. The molecule has 1 atom stereocenters. The fraction of sp³-hybridized carbons (Fsp3) is 0.560. The predicted molar refractivity (Wildman–Crippen MR) is 130 cm³/mol. The number of rotatable bonds is 10. The first-order chi connectivity index (χ1) is 18.1. The number of carbonyl (C=O) groups excluding carboxylic acids is 2. The number of likely N-dealkylation sites (tertiary alicyclic amines) is 1. The molecule has 38 heavy (non-hydrogen) atoms. The van der Waals surface area contributed by atoms with Crippen molar-refractivity contribution < 1.29 is 42.1 Å². The van der Waals surface area contributed by atoms with Crippen LogP contribution in [0.15, 0.2) is 22.6 Å². The zero-order valence-electron chi connectivity index (χ0n) is 21.2. The van der Waals surface area contributed by atoms with Crippen LogP contribution in [-0.4, -0.2) is 72.6 Å². The number of hydrogen-bond donors (Lipinski definition) is 3. The zero-order chi connectivity index (χ0) is 27.4. The van der Waals surface area contributed by atoms with Crippen molar-refractivity contribution >= 4 is 12.0 Å². The molecule has 2 amide bonds. The van der Waals surface area contributed by atoms with Crippen molar-refractivity contribution in [2.45, 2.75) is 50.9 Å². The molecule has 2 aliphatic rings. The van der Waals surface area contributed by atoms with Gasteiger partial charge in [-0.25, -0.2) is 9.78 Å². The van der Waals surface area contributed by atoms with Crippen molar-refractivity contribution in [3.63, 3.8) is 0 Å². The van der Waals surface area contributed by atoms with Crippen molar-refractivity contribution in [1.29, 1.82) is 0 Å². The fourth-order valence-electron chi connectivity index (χ4n) is 4.11. The maximum atomic E-state index is 13.0. The molecule has 0 bridgehead atoms. The summed E-state index contributed by atoms with van der Waals surface area (Å²) < 4.78 is 46.5. The minimum Gasteiger partial charge on any atom is -0.489 e. The number of ether oxygens (including phenoxy) is 3. The van der Waals surface area contributed by atoms with Gasteiger partial charge in [0.1, 0.15) is 0 Å². The number of amides is 2. The Morgan fingerprint density at radius 1 is 1.29 bits per heavy atom. The van der Waals surface area contributed by atoms with Crippen LogP contribution in [0.1, 0.15) is 54.9 Å². The van der Waals surface area contributed by atoms with Crippen LogP contribution >= 0.6 is 0 Å². The Balaban J connectivity index is 1.49. The molecule has 1 aromatic heterocycles. The second kappa shape index (κ2) is 11.5. The fourth-order valence-corrected chi connectivity index (χ4v) is 4.11. The van der Waals surface area contributed by atoms with Crippen molar-refractivity contribution in [2.24, 2.45) is 11.7 Å². The van der Waals surface area contributed by atoms with Gasteiger partial charge in [0.2, 0.25) is 5.89 Å². The molecule has 1 unspecified atom stereocenters. The predicted octanol–water partition coefficient (Wildman–Crippen LogP) is 3.07. The second-order valence-corrected chi connectivity index (χ2v) is 9.68. The standard InChI is InChI=1S/C25H32F2N4O7/c1-14(28)20-19(21(32)29-13-25(34)7-9-31(10-8-25)24(33)35-2)30-22(38-20)16-5-6-17(37-23(26)27)18(11-16)36-12-15-3-4-15/h5-6,11,14-15,23,34H,3-4,7-10,12-13,28H2,1-2H3,(H,29,32). The van der Waals surface area contributed by atoms with Crippen LogP contribution in [0.2, 0.25) is 0 Å². The highest BCUT2D eigenvalue weighted by Crippen LogP contribution is 2.37.